The van der Waals surface area contributed by atoms with Gasteiger partial charge in [0.2, 0.25) is 16.8 Å². The number of rotatable bonds is 5. The highest BCUT2D eigenvalue weighted by atomic mass is 32.2. The molecule has 0 spiro atoms. The quantitative estimate of drug-likeness (QED) is 0.769. The molecule has 0 aliphatic carbocycles. The summed E-state index contributed by atoms with van der Waals surface area (Å²) < 4.78 is 38.2. The number of ether oxygens (including phenoxy) is 2. The minimum atomic E-state index is -3.44. The molecule has 150 valence electrons. The monoisotopic (exact) mass is 402 g/mol. The summed E-state index contributed by atoms with van der Waals surface area (Å²) in [7, 11) is -3.44. The zero-order valence-corrected chi connectivity index (χ0v) is 17.1. The summed E-state index contributed by atoms with van der Waals surface area (Å²) in [5, 5.41) is 0. The van der Waals surface area contributed by atoms with Crippen molar-refractivity contribution in [3.05, 3.63) is 53.6 Å². The first kappa shape index (κ1) is 19.2. The number of sulfonamides is 1. The number of piperazine rings is 1. The van der Waals surface area contributed by atoms with Crippen LogP contribution in [0.3, 0.4) is 0 Å². The molecule has 1 fully saturated rings. The van der Waals surface area contributed by atoms with E-state index in [-0.39, 0.29) is 6.79 Å². The van der Waals surface area contributed by atoms with Gasteiger partial charge in [-0.1, -0.05) is 32.0 Å². The Kier molecular flexibility index (Phi) is 5.31. The van der Waals surface area contributed by atoms with Gasteiger partial charge in [-0.05, 0) is 41.3 Å². The molecule has 2 aliphatic rings. The highest BCUT2D eigenvalue weighted by molar-refractivity contribution is 7.89. The summed E-state index contributed by atoms with van der Waals surface area (Å²) in [5.74, 6) is 1.95. The van der Waals surface area contributed by atoms with Crippen molar-refractivity contribution in [2.75, 3.05) is 33.0 Å². The fourth-order valence-electron chi connectivity index (χ4n) is 3.60. The lowest BCUT2D eigenvalue weighted by Gasteiger charge is -2.34. The maximum absolute atomic E-state index is 12.9. The molecule has 0 atom stereocenters. The molecule has 2 aromatic rings. The Bertz CT molecular complexity index is 933. The third-order valence-electron chi connectivity index (χ3n) is 5.36. The van der Waals surface area contributed by atoms with Gasteiger partial charge in [-0.25, -0.2) is 8.42 Å². The van der Waals surface area contributed by atoms with Gasteiger partial charge < -0.3 is 9.47 Å². The van der Waals surface area contributed by atoms with Crippen molar-refractivity contribution in [3.8, 4) is 11.5 Å². The van der Waals surface area contributed by atoms with Crippen molar-refractivity contribution in [3.63, 3.8) is 0 Å². The molecule has 0 saturated carbocycles. The molecule has 2 aliphatic heterocycles. The summed E-state index contributed by atoms with van der Waals surface area (Å²) in [5.41, 5.74) is 2.29. The van der Waals surface area contributed by atoms with Crippen LogP contribution in [0.1, 0.15) is 30.9 Å². The Morgan fingerprint density at radius 3 is 2.29 bits per heavy atom. The fourth-order valence-corrected chi connectivity index (χ4v) is 5.02. The van der Waals surface area contributed by atoms with Gasteiger partial charge in [-0.2, -0.15) is 4.31 Å². The fraction of sp³-hybridized carbons (Fsp3) is 0.429. The van der Waals surface area contributed by atoms with Gasteiger partial charge in [0.05, 0.1) is 4.90 Å². The van der Waals surface area contributed by atoms with Gasteiger partial charge in [-0.15, -0.1) is 0 Å². The van der Waals surface area contributed by atoms with Crippen molar-refractivity contribution in [2.24, 2.45) is 0 Å². The van der Waals surface area contributed by atoms with E-state index in [9.17, 15) is 8.42 Å². The van der Waals surface area contributed by atoms with Crippen molar-refractivity contribution in [1.29, 1.82) is 0 Å². The van der Waals surface area contributed by atoms with Crippen molar-refractivity contribution >= 4 is 10.0 Å². The Morgan fingerprint density at radius 2 is 1.61 bits per heavy atom. The lowest BCUT2D eigenvalue weighted by molar-refractivity contribution is 0.173. The molecule has 0 N–H and O–H groups in total. The molecule has 1 saturated heterocycles. The normalized spacial score (nSPS) is 18.0. The third-order valence-corrected chi connectivity index (χ3v) is 7.27. The van der Waals surface area contributed by atoms with E-state index in [2.05, 4.69) is 18.7 Å². The SMILES string of the molecule is CC(C)c1ccc(S(=O)(=O)N2CCN(Cc3ccc4c(c3)OCO4)CC2)cc1. The van der Waals surface area contributed by atoms with E-state index in [4.69, 9.17) is 9.47 Å². The largest absolute Gasteiger partial charge is 0.454 e. The zero-order valence-electron chi connectivity index (χ0n) is 16.3. The van der Waals surface area contributed by atoms with E-state index in [0.717, 1.165) is 29.2 Å². The van der Waals surface area contributed by atoms with Crippen LogP contribution in [-0.4, -0.2) is 50.6 Å². The molecule has 4 rings (SSSR count). The van der Waals surface area contributed by atoms with Gasteiger partial charge >= 0.3 is 0 Å². The molecular formula is C21H26N2O4S. The molecule has 2 heterocycles. The third kappa shape index (κ3) is 3.87. The molecule has 0 unspecified atom stereocenters. The molecular weight excluding hydrogens is 376 g/mol. The van der Waals surface area contributed by atoms with Crippen molar-refractivity contribution in [2.45, 2.75) is 31.2 Å². The minimum Gasteiger partial charge on any atom is -0.454 e. The molecule has 6 nitrogen and oxygen atoms in total. The lowest BCUT2D eigenvalue weighted by Crippen LogP contribution is -2.48. The van der Waals surface area contributed by atoms with Crippen LogP contribution in [0.5, 0.6) is 11.5 Å². The highest BCUT2D eigenvalue weighted by Crippen LogP contribution is 2.33. The van der Waals surface area contributed by atoms with Crippen molar-refractivity contribution in [1.82, 2.24) is 9.21 Å². The molecule has 7 heteroatoms. The summed E-state index contributed by atoms with van der Waals surface area (Å²) in [6.07, 6.45) is 0. The second-order valence-corrected chi connectivity index (χ2v) is 9.53. The Morgan fingerprint density at radius 1 is 0.929 bits per heavy atom. The van der Waals surface area contributed by atoms with E-state index in [0.29, 0.717) is 37.0 Å². The first-order valence-corrected chi connectivity index (χ1v) is 11.1. The number of hydrogen-bond donors (Lipinski definition) is 0. The van der Waals surface area contributed by atoms with E-state index in [1.807, 2.05) is 30.3 Å². The lowest BCUT2D eigenvalue weighted by atomic mass is 10.0. The second-order valence-electron chi connectivity index (χ2n) is 7.59. The maximum Gasteiger partial charge on any atom is 0.243 e. The van der Waals surface area contributed by atoms with Crippen LogP contribution in [0.25, 0.3) is 0 Å². The van der Waals surface area contributed by atoms with E-state index in [1.54, 1.807) is 16.4 Å². The van der Waals surface area contributed by atoms with E-state index < -0.39 is 10.0 Å². The van der Waals surface area contributed by atoms with Crippen LogP contribution in [0.15, 0.2) is 47.4 Å². The predicted molar refractivity (Wildman–Crippen MR) is 107 cm³/mol. The molecule has 2 aromatic carbocycles. The Balaban J connectivity index is 1.38. The standard InChI is InChI=1S/C21H26N2O4S/c1-16(2)18-4-6-19(7-5-18)28(24,25)23-11-9-22(10-12-23)14-17-3-8-20-21(13-17)27-15-26-20/h3-8,13,16H,9-12,14-15H2,1-2H3. The van der Waals surface area contributed by atoms with Gasteiger partial charge in [0.1, 0.15) is 0 Å². The van der Waals surface area contributed by atoms with Crippen LogP contribution < -0.4 is 9.47 Å². The Labute approximate surface area is 166 Å². The topological polar surface area (TPSA) is 59.1 Å². The van der Waals surface area contributed by atoms with Gasteiger partial charge in [0.25, 0.3) is 0 Å². The molecule has 0 radical (unpaired) electrons. The number of fused-ring (bicyclic) bond motifs is 1. The zero-order chi connectivity index (χ0) is 19.7. The van der Waals surface area contributed by atoms with Crippen LogP contribution in [0, 0.1) is 0 Å². The highest BCUT2D eigenvalue weighted by Gasteiger charge is 2.28. The second kappa shape index (κ2) is 7.73. The Hall–Kier alpha value is -2.09. The van der Waals surface area contributed by atoms with E-state index in [1.165, 1.54) is 0 Å². The van der Waals surface area contributed by atoms with Crippen LogP contribution in [-0.2, 0) is 16.6 Å². The van der Waals surface area contributed by atoms with Gasteiger partial charge in [0, 0.05) is 32.7 Å². The summed E-state index contributed by atoms with van der Waals surface area (Å²) in [6.45, 7) is 7.65. The molecule has 0 bridgehead atoms. The first-order valence-electron chi connectivity index (χ1n) is 9.64. The predicted octanol–water partition coefficient (Wildman–Crippen LogP) is 3.05. The van der Waals surface area contributed by atoms with Crippen LogP contribution >= 0.6 is 0 Å². The average Bonchev–Trinajstić information content (AvgIpc) is 3.16. The van der Waals surface area contributed by atoms with Crippen molar-refractivity contribution < 1.29 is 17.9 Å². The summed E-state index contributed by atoms with van der Waals surface area (Å²) >= 11 is 0. The van der Waals surface area contributed by atoms with E-state index >= 15 is 0 Å². The number of hydrogen-bond acceptors (Lipinski definition) is 5. The molecule has 28 heavy (non-hydrogen) atoms. The molecule has 0 amide bonds. The first-order chi connectivity index (χ1) is 13.4. The summed E-state index contributed by atoms with van der Waals surface area (Å²) in [4.78, 5) is 2.65. The van der Waals surface area contributed by atoms with Gasteiger partial charge in [0.15, 0.2) is 11.5 Å². The van der Waals surface area contributed by atoms with Crippen LogP contribution in [0.2, 0.25) is 0 Å². The molecule has 0 aromatic heterocycles. The average molecular weight is 403 g/mol. The van der Waals surface area contributed by atoms with Gasteiger partial charge in [-0.3, -0.25) is 4.90 Å². The summed E-state index contributed by atoms with van der Waals surface area (Å²) in [6, 6.07) is 13.2. The smallest absolute Gasteiger partial charge is 0.243 e. The minimum absolute atomic E-state index is 0.271. The number of benzene rings is 2. The van der Waals surface area contributed by atoms with Crippen LogP contribution in [0.4, 0.5) is 0 Å². The number of nitrogens with zero attached hydrogens (tertiary/aromatic N) is 2. The maximum atomic E-state index is 12.9.